The van der Waals surface area contributed by atoms with Gasteiger partial charge in [0, 0.05) is 11.8 Å². The first-order valence-corrected chi connectivity index (χ1v) is 7.28. The molecular formula is C15H17N3O6. The van der Waals surface area contributed by atoms with E-state index in [-0.39, 0.29) is 5.82 Å². The van der Waals surface area contributed by atoms with Crippen molar-refractivity contribution in [3.63, 3.8) is 0 Å². The number of hydrogen-bond donors (Lipinski definition) is 5. The summed E-state index contributed by atoms with van der Waals surface area (Å²) in [6.45, 7) is -0.501. The molecule has 9 nitrogen and oxygen atoms in total. The van der Waals surface area contributed by atoms with Gasteiger partial charge in [-0.2, -0.15) is 4.98 Å². The number of aliphatic hydroxyl groups excluding tert-OH is 3. The lowest BCUT2D eigenvalue weighted by molar-refractivity contribution is -0.0548. The Morgan fingerprint density at radius 2 is 1.92 bits per heavy atom. The number of anilines is 1. The monoisotopic (exact) mass is 335 g/mol. The van der Waals surface area contributed by atoms with Gasteiger partial charge in [0.1, 0.15) is 18.3 Å². The Balaban J connectivity index is 2.08. The summed E-state index contributed by atoms with van der Waals surface area (Å²) in [5.74, 6) is -0.0470. The summed E-state index contributed by atoms with van der Waals surface area (Å²) in [7, 11) is 0. The van der Waals surface area contributed by atoms with Gasteiger partial charge in [-0.05, 0) is 5.56 Å². The number of rotatable bonds is 4. The zero-order valence-corrected chi connectivity index (χ0v) is 12.5. The number of aliphatic hydroxyl groups is 3. The molecule has 3 rings (SSSR count). The quantitative estimate of drug-likeness (QED) is 0.464. The van der Waals surface area contributed by atoms with E-state index in [1.807, 2.05) is 11.5 Å². The minimum Gasteiger partial charge on any atom is -0.394 e. The molecule has 1 aromatic carbocycles. The van der Waals surface area contributed by atoms with Gasteiger partial charge in [0.2, 0.25) is 0 Å². The molecule has 1 fully saturated rings. The van der Waals surface area contributed by atoms with Gasteiger partial charge in [-0.15, -0.1) is 0 Å². The average molecular weight is 335 g/mol. The minimum absolute atomic E-state index is 0.0470. The second kappa shape index (κ2) is 6.67. The summed E-state index contributed by atoms with van der Waals surface area (Å²) in [5, 5.41) is 38.3. The molecule has 2 unspecified atom stereocenters. The predicted molar refractivity (Wildman–Crippen MR) is 82.4 cm³/mol. The van der Waals surface area contributed by atoms with Gasteiger partial charge >= 0.3 is 5.69 Å². The molecule has 1 aromatic heterocycles. The van der Waals surface area contributed by atoms with Crippen LogP contribution in [0.4, 0.5) is 5.82 Å². The summed E-state index contributed by atoms with van der Waals surface area (Å²) < 4.78 is 6.38. The topological polar surface area (TPSA) is 137 Å². The fourth-order valence-corrected chi connectivity index (χ4v) is 2.68. The molecule has 0 spiro atoms. The van der Waals surface area contributed by atoms with Crippen molar-refractivity contribution in [3.05, 3.63) is 47.0 Å². The van der Waals surface area contributed by atoms with E-state index < -0.39 is 36.8 Å². The minimum atomic E-state index is -1.40. The second-order valence-electron chi connectivity index (χ2n) is 5.40. The number of aromatic nitrogens is 2. The van der Waals surface area contributed by atoms with Crippen LogP contribution in [0.3, 0.4) is 0 Å². The maximum Gasteiger partial charge on any atom is 0.351 e. The molecule has 128 valence electrons. The van der Waals surface area contributed by atoms with Gasteiger partial charge in [-0.25, -0.2) is 4.79 Å². The highest BCUT2D eigenvalue weighted by Gasteiger charge is 2.44. The van der Waals surface area contributed by atoms with Crippen LogP contribution in [-0.2, 0) is 4.74 Å². The fourth-order valence-electron chi connectivity index (χ4n) is 2.68. The van der Waals surface area contributed by atoms with Gasteiger partial charge in [0.05, 0.1) is 6.61 Å². The Labute approximate surface area is 136 Å². The Morgan fingerprint density at radius 1 is 1.21 bits per heavy atom. The van der Waals surface area contributed by atoms with Crippen molar-refractivity contribution in [2.75, 3.05) is 12.1 Å². The first-order chi connectivity index (χ1) is 11.6. The molecule has 0 saturated carbocycles. The fraction of sp³-hybridized carbons (Fsp3) is 0.333. The molecule has 0 radical (unpaired) electrons. The zero-order valence-electron chi connectivity index (χ0n) is 12.5. The largest absolute Gasteiger partial charge is 0.394 e. The van der Waals surface area contributed by atoms with E-state index in [1.54, 1.807) is 24.3 Å². The Hall–Kier alpha value is -2.30. The third-order valence-corrected chi connectivity index (χ3v) is 3.93. The average Bonchev–Trinajstić information content (AvgIpc) is 2.90. The maximum atomic E-state index is 12.2. The van der Waals surface area contributed by atoms with Crippen molar-refractivity contribution in [2.24, 2.45) is 0 Å². The lowest BCUT2D eigenvalue weighted by Crippen LogP contribution is -2.36. The van der Waals surface area contributed by atoms with Crippen LogP contribution in [0, 0.1) is 0 Å². The van der Waals surface area contributed by atoms with Crippen LogP contribution in [0.25, 0.3) is 11.1 Å². The third kappa shape index (κ3) is 2.79. The van der Waals surface area contributed by atoms with Gasteiger partial charge in [0.25, 0.3) is 0 Å². The van der Waals surface area contributed by atoms with Crippen LogP contribution in [0.15, 0.2) is 41.3 Å². The third-order valence-electron chi connectivity index (χ3n) is 3.93. The Kier molecular flexibility index (Phi) is 4.60. The molecule has 1 saturated heterocycles. The smallest absolute Gasteiger partial charge is 0.351 e. The lowest BCUT2D eigenvalue weighted by atomic mass is 10.1. The number of nitrogens with one attached hydrogen (secondary N) is 1. The normalized spacial score (nSPS) is 26.5. The standard InChI is InChI=1S/C15H17N3O6/c19-7-10-11(20)12(21)14(24-10)18-6-9(8-4-2-1-3-5-8)13(17-23)16-15(18)22/h1-6,10-12,14,19-21,23H,7H2,(H,16,17,22)/t10-,11?,12?,14-/m1/s1. The molecule has 2 aromatic rings. The van der Waals surface area contributed by atoms with E-state index in [9.17, 15) is 20.2 Å². The highest BCUT2D eigenvalue weighted by Crippen LogP contribution is 2.31. The number of benzene rings is 1. The molecule has 5 N–H and O–H groups in total. The molecule has 4 atom stereocenters. The number of nitrogens with zero attached hydrogens (tertiary/aromatic N) is 2. The summed E-state index contributed by atoms with van der Waals surface area (Å²) in [5.41, 5.74) is 2.15. The molecule has 0 aliphatic carbocycles. The van der Waals surface area contributed by atoms with Crippen molar-refractivity contribution in [3.8, 4) is 11.1 Å². The van der Waals surface area contributed by atoms with Crippen LogP contribution in [0.5, 0.6) is 0 Å². The van der Waals surface area contributed by atoms with E-state index in [2.05, 4.69) is 4.98 Å². The van der Waals surface area contributed by atoms with Crippen molar-refractivity contribution >= 4 is 5.82 Å². The Bertz CT molecular complexity index is 766. The van der Waals surface area contributed by atoms with Crippen molar-refractivity contribution in [1.29, 1.82) is 0 Å². The highest BCUT2D eigenvalue weighted by atomic mass is 16.6. The van der Waals surface area contributed by atoms with Crippen LogP contribution in [0.1, 0.15) is 6.23 Å². The van der Waals surface area contributed by atoms with Crippen LogP contribution < -0.4 is 11.2 Å². The summed E-state index contributed by atoms with van der Waals surface area (Å²) in [6.07, 6.45) is -3.58. The molecule has 0 amide bonds. The number of hydrogen-bond acceptors (Lipinski definition) is 8. The number of ether oxygens (including phenoxy) is 1. The van der Waals surface area contributed by atoms with E-state index in [4.69, 9.17) is 9.84 Å². The van der Waals surface area contributed by atoms with Crippen molar-refractivity contribution in [2.45, 2.75) is 24.5 Å². The second-order valence-corrected chi connectivity index (χ2v) is 5.40. The van der Waals surface area contributed by atoms with Gasteiger partial charge in [-0.3, -0.25) is 15.3 Å². The van der Waals surface area contributed by atoms with Crippen molar-refractivity contribution < 1.29 is 25.3 Å². The molecule has 0 bridgehead atoms. The first kappa shape index (κ1) is 16.6. The van der Waals surface area contributed by atoms with E-state index >= 15 is 0 Å². The highest BCUT2D eigenvalue weighted by molar-refractivity contribution is 5.73. The van der Waals surface area contributed by atoms with E-state index in [0.717, 1.165) is 4.57 Å². The summed E-state index contributed by atoms with van der Waals surface area (Å²) >= 11 is 0. The molecule has 1 aliphatic rings. The first-order valence-electron chi connectivity index (χ1n) is 7.28. The van der Waals surface area contributed by atoms with Gasteiger partial charge in [0.15, 0.2) is 12.0 Å². The van der Waals surface area contributed by atoms with Crippen LogP contribution in [-0.4, -0.2) is 55.0 Å². The molecule has 2 heterocycles. The van der Waals surface area contributed by atoms with Gasteiger partial charge in [-0.1, -0.05) is 30.3 Å². The predicted octanol–water partition coefficient (Wildman–Crippen LogP) is -0.677. The van der Waals surface area contributed by atoms with E-state index in [1.165, 1.54) is 6.20 Å². The summed E-state index contributed by atoms with van der Waals surface area (Å²) in [6, 6.07) is 8.87. The van der Waals surface area contributed by atoms with Crippen LogP contribution in [0.2, 0.25) is 0 Å². The SMILES string of the molecule is O=c1nc(NO)c(-c2ccccc2)cn1[C@@H]1O[C@H](CO)C(O)C1O. The molecule has 9 heteroatoms. The molecular weight excluding hydrogens is 318 g/mol. The zero-order chi connectivity index (χ0) is 17.3. The lowest BCUT2D eigenvalue weighted by Gasteiger charge is -2.19. The Morgan fingerprint density at radius 3 is 2.50 bits per heavy atom. The summed E-state index contributed by atoms with van der Waals surface area (Å²) in [4.78, 5) is 15.9. The van der Waals surface area contributed by atoms with E-state index in [0.29, 0.717) is 11.1 Å². The van der Waals surface area contributed by atoms with Crippen LogP contribution >= 0.6 is 0 Å². The van der Waals surface area contributed by atoms with Gasteiger partial charge < -0.3 is 20.1 Å². The molecule has 1 aliphatic heterocycles. The maximum absolute atomic E-state index is 12.2. The molecule has 24 heavy (non-hydrogen) atoms. The van der Waals surface area contributed by atoms with Crippen molar-refractivity contribution in [1.82, 2.24) is 9.55 Å².